The second-order valence-corrected chi connectivity index (χ2v) is 5.91. The van der Waals surface area contributed by atoms with Crippen LogP contribution in [0.4, 0.5) is 0 Å². The lowest BCUT2D eigenvalue weighted by molar-refractivity contribution is 0.0861. The largest absolute Gasteiger partial charge is 0.376 e. The van der Waals surface area contributed by atoms with Gasteiger partial charge >= 0.3 is 0 Å². The van der Waals surface area contributed by atoms with E-state index in [-0.39, 0.29) is 12.0 Å². The lowest BCUT2D eigenvalue weighted by atomic mass is 10.2. The summed E-state index contributed by atoms with van der Waals surface area (Å²) in [6.07, 6.45) is 2.31. The van der Waals surface area contributed by atoms with Gasteiger partial charge in [-0.1, -0.05) is 0 Å². The first-order valence-electron chi connectivity index (χ1n) is 6.48. The fraction of sp³-hybridized carbons (Fsp3) is 0.538. The SMILES string of the molecule is Cc1nn(C)c2sc(C(=O)NC[C@H]3CCCO3)cc12. The van der Waals surface area contributed by atoms with Crippen molar-refractivity contribution in [3.8, 4) is 0 Å². The van der Waals surface area contributed by atoms with Crippen molar-refractivity contribution in [1.29, 1.82) is 0 Å². The van der Waals surface area contributed by atoms with E-state index in [1.807, 2.05) is 24.7 Å². The van der Waals surface area contributed by atoms with E-state index in [9.17, 15) is 4.79 Å². The maximum atomic E-state index is 12.1. The summed E-state index contributed by atoms with van der Waals surface area (Å²) in [5, 5.41) is 8.35. The van der Waals surface area contributed by atoms with Crippen LogP contribution in [-0.4, -0.2) is 34.9 Å². The first-order valence-corrected chi connectivity index (χ1v) is 7.30. The fourth-order valence-electron chi connectivity index (χ4n) is 2.42. The summed E-state index contributed by atoms with van der Waals surface area (Å²) in [7, 11) is 1.90. The van der Waals surface area contributed by atoms with Crippen LogP contribution in [-0.2, 0) is 11.8 Å². The summed E-state index contributed by atoms with van der Waals surface area (Å²) in [6.45, 7) is 3.38. The number of amides is 1. The first-order chi connectivity index (χ1) is 9.15. The van der Waals surface area contributed by atoms with Crippen LogP contribution in [0.5, 0.6) is 0 Å². The van der Waals surface area contributed by atoms with E-state index in [4.69, 9.17) is 4.74 Å². The molecule has 0 aromatic carbocycles. The molecule has 0 spiro atoms. The number of thiophene rings is 1. The minimum atomic E-state index is -0.0175. The summed E-state index contributed by atoms with van der Waals surface area (Å²) in [5.74, 6) is -0.0175. The van der Waals surface area contributed by atoms with Gasteiger partial charge in [-0.3, -0.25) is 9.48 Å². The molecule has 0 saturated carbocycles. The molecular weight excluding hydrogens is 262 g/mol. The third kappa shape index (κ3) is 2.37. The van der Waals surface area contributed by atoms with Gasteiger partial charge in [0.1, 0.15) is 4.83 Å². The molecule has 1 amide bonds. The molecule has 3 rings (SSSR count). The van der Waals surface area contributed by atoms with E-state index in [1.165, 1.54) is 11.3 Å². The molecule has 0 aliphatic carbocycles. The molecule has 1 saturated heterocycles. The summed E-state index contributed by atoms with van der Waals surface area (Å²) in [5.41, 5.74) is 0.965. The zero-order valence-corrected chi connectivity index (χ0v) is 11.9. The van der Waals surface area contributed by atoms with Gasteiger partial charge in [0.05, 0.1) is 16.7 Å². The highest BCUT2D eigenvalue weighted by Gasteiger charge is 2.18. The standard InChI is InChI=1S/C13H17N3O2S/c1-8-10-6-11(19-13(10)16(2)15-8)12(17)14-7-9-4-3-5-18-9/h6,9H,3-5,7H2,1-2H3,(H,14,17)/t9-/m1/s1. The fourth-order valence-corrected chi connectivity index (χ4v) is 3.46. The monoisotopic (exact) mass is 279 g/mol. The number of carbonyl (C=O) groups is 1. The summed E-state index contributed by atoms with van der Waals surface area (Å²) in [4.78, 5) is 13.9. The van der Waals surface area contributed by atoms with Gasteiger partial charge in [-0.2, -0.15) is 5.10 Å². The van der Waals surface area contributed by atoms with Gasteiger partial charge in [0.25, 0.3) is 5.91 Å². The Morgan fingerprint density at radius 2 is 2.53 bits per heavy atom. The molecule has 2 aromatic rings. The third-order valence-electron chi connectivity index (χ3n) is 3.43. The Morgan fingerprint density at radius 1 is 1.68 bits per heavy atom. The topological polar surface area (TPSA) is 56.2 Å². The van der Waals surface area contributed by atoms with E-state index in [2.05, 4.69) is 10.4 Å². The lowest BCUT2D eigenvalue weighted by Gasteiger charge is -2.09. The molecule has 0 unspecified atom stereocenters. The minimum absolute atomic E-state index is 0.0175. The molecule has 3 heterocycles. The van der Waals surface area contributed by atoms with Crippen LogP contribution in [0, 0.1) is 6.92 Å². The van der Waals surface area contributed by atoms with Crippen LogP contribution in [0.3, 0.4) is 0 Å². The first kappa shape index (κ1) is 12.6. The van der Waals surface area contributed by atoms with Gasteiger partial charge in [-0.25, -0.2) is 0 Å². The number of hydrogen-bond donors (Lipinski definition) is 1. The van der Waals surface area contributed by atoms with Gasteiger partial charge in [-0.15, -0.1) is 11.3 Å². The molecule has 0 radical (unpaired) electrons. The van der Waals surface area contributed by atoms with Crippen LogP contribution < -0.4 is 5.32 Å². The zero-order valence-electron chi connectivity index (χ0n) is 11.1. The second-order valence-electron chi connectivity index (χ2n) is 4.88. The van der Waals surface area contributed by atoms with Crippen molar-refractivity contribution in [2.75, 3.05) is 13.2 Å². The molecule has 1 aliphatic rings. The van der Waals surface area contributed by atoms with E-state index < -0.39 is 0 Å². The third-order valence-corrected chi connectivity index (χ3v) is 4.63. The Labute approximate surface area is 115 Å². The van der Waals surface area contributed by atoms with Crippen LogP contribution in [0.1, 0.15) is 28.2 Å². The predicted molar refractivity (Wildman–Crippen MR) is 74.6 cm³/mol. The molecule has 0 bridgehead atoms. The van der Waals surface area contributed by atoms with Gasteiger partial charge in [0.2, 0.25) is 0 Å². The van der Waals surface area contributed by atoms with Gasteiger partial charge in [0.15, 0.2) is 0 Å². The number of hydrogen-bond acceptors (Lipinski definition) is 4. The van der Waals surface area contributed by atoms with Crippen molar-refractivity contribution in [2.45, 2.75) is 25.9 Å². The number of carbonyl (C=O) groups excluding carboxylic acids is 1. The number of rotatable bonds is 3. The maximum Gasteiger partial charge on any atom is 0.261 e. The summed E-state index contributed by atoms with van der Waals surface area (Å²) in [6, 6.07) is 1.92. The molecule has 102 valence electrons. The molecule has 6 heteroatoms. The highest BCUT2D eigenvalue weighted by molar-refractivity contribution is 7.20. The lowest BCUT2D eigenvalue weighted by Crippen LogP contribution is -2.31. The Balaban J connectivity index is 1.72. The van der Waals surface area contributed by atoms with E-state index >= 15 is 0 Å². The Kier molecular flexibility index (Phi) is 3.28. The second kappa shape index (κ2) is 4.94. The average molecular weight is 279 g/mol. The number of ether oxygens (including phenoxy) is 1. The zero-order chi connectivity index (χ0) is 13.4. The number of aryl methyl sites for hydroxylation is 2. The van der Waals surface area contributed by atoms with E-state index in [1.54, 1.807) is 0 Å². The highest BCUT2D eigenvalue weighted by atomic mass is 32.1. The van der Waals surface area contributed by atoms with Crippen molar-refractivity contribution < 1.29 is 9.53 Å². The van der Waals surface area contributed by atoms with Gasteiger partial charge in [0, 0.05) is 25.6 Å². The van der Waals surface area contributed by atoms with Crippen molar-refractivity contribution in [2.24, 2.45) is 7.05 Å². The van der Waals surface area contributed by atoms with Crippen molar-refractivity contribution in [3.63, 3.8) is 0 Å². The van der Waals surface area contributed by atoms with E-state index in [0.717, 1.165) is 40.2 Å². The highest BCUT2D eigenvalue weighted by Crippen LogP contribution is 2.27. The minimum Gasteiger partial charge on any atom is -0.376 e. The Morgan fingerprint density at radius 3 is 3.21 bits per heavy atom. The summed E-state index contributed by atoms with van der Waals surface area (Å²) < 4.78 is 7.32. The van der Waals surface area contributed by atoms with Crippen molar-refractivity contribution in [1.82, 2.24) is 15.1 Å². The number of aromatic nitrogens is 2. The predicted octanol–water partition coefficient (Wildman–Crippen LogP) is 1.85. The molecule has 1 fully saturated rings. The molecule has 1 atom stereocenters. The van der Waals surface area contributed by atoms with Crippen LogP contribution in [0.2, 0.25) is 0 Å². The number of nitrogens with one attached hydrogen (secondary N) is 1. The smallest absolute Gasteiger partial charge is 0.261 e. The van der Waals surface area contributed by atoms with Crippen molar-refractivity contribution in [3.05, 3.63) is 16.6 Å². The van der Waals surface area contributed by atoms with Crippen LogP contribution in [0.25, 0.3) is 10.2 Å². The quantitative estimate of drug-likeness (QED) is 0.933. The summed E-state index contributed by atoms with van der Waals surface area (Å²) >= 11 is 1.48. The molecule has 1 N–H and O–H groups in total. The molecule has 1 aliphatic heterocycles. The molecule has 2 aromatic heterocycles. The maximum absolute atomic E-state index is 12.1. The van der Waals surface area contributed by atoms with Crippen molar-refractivity contribution >= 4 is 27.5 Å². The molecule has 5 nitrogen and oxygen atoms in total. The number of nitrogens with zero attached hydrogens (tertiary/aromatic N) is 2. The Bertz CT molecular complexity index is 576. The number of fused-ring (bicyclic) bond motifs is 1. The van der Waals surface area contributed by atoms with Crippen LogP contribution in [0.15, 0.2) is 6.07 Å². The van der Waals surface area contributed by atoms with E-state index in [0.29, 0.717) is 6.54 Å². The van der Waals surface area contributed by atoms with Crippen LogP contribution >= 0.6 is 11.3 Å². The Hall–Kier alpha value is -1.40. The molecule has 19 heavy (non-hydrogen) atoms. The average Bonchev–Trinajstić information content (AvgIpc) is 3.08. The van der Waals surface area contributed by atoms with Gasteiger partial charge in [-0.05, 0) is 25.8 Å². The molecular formula is C13H17N3O2S. The normalized spacial score (nSPS) is 19.2. The van der Waals surface area contributed by atoms with Gasteiger partial charge < -0.3 is 10.1 Å².